The van der Waals surface area contributed by atoms with Gasteiger partial charge in [-0.1, -0.05) is 42.5 Å². The molecule has 6 heteroatoms. The summed E-state index contributed by atoms with van der Waals surface area (Å²) in [5, 5.41) is 8.72. The summed E-state index contributed by atoms with van der Waals surface area (Å²) in [7, 11) is 0. The lowest BCUT2D eigenvalue weighted by Gasteiger charge is -2.04. The van der Waals surface area contributed by atoms with E-state index >= 15 is 0 Å². The Morgan fingerprint density at radius 2 is 1.75 bits per heavy atom. The van der Waals surface area contributed by atoms with Gasteiger partial charge in [0, 0.05) is 42.9 Å². The number of aromatic nitrogens is 1. The number of amides is 2. The fourth-order valence-corrected chi connectivity index (χ4v) is 3.59. The van der Waals surface area contributed by atoms with Crippen molar-refractivity contribution in [2.24, 2.45) is 0 Å². The molecule has 0 aliphatic carbocycles. The third-order valence-electron chi connectivity index (χ3n) is 4.20. The first-order chi connectivity index (χ1) is 13.6. The summed E-state index contributed by atoms with van der Waals surface area (Å²) < 4.78 is 0. The van der Waals surface area contributed by atoms with Crippen LogP contribution < -0.4 is 10.6 Å². The summed E-state index contributed by atoms with van der Waals surface area (Å²) in [6.07, 6.45) is 1.96. The third-order valence-corrected chi connectivity index (χ3v) is 5.11. The lowest BCUT2D eigenvalue weighted by atomic mass is 10.1. The van der Waals surface area contributed by atoms with E-state index in [1.54, 1.807) is 11.3 Å². The van der Waals surface area contributed by atoms with Gasteiger partial charge < -0.3 is 10.6 Å². The number of carbonyl (C=O) groups excluding carboxylic acids is 2. The van der Waals surface area contributed by atoms with Crippen molar-refractivity contribution < 1.29 is 9.59 Å². The minimum absolute atomic E-state index is 0.0641. The van der Waals surface area contributed by atoms with Crippen LogP contribution in [0.15, 0.2) is 60.0 Å². The van der Waals surface area contributed by atoms with E-state index < -0.39 is 0 Å². The van der Waals surface area contributed by atoms with Gasteiger partial charge in [-0.25, -0.2) is 4.98 Å². The number of nitrogens with zero attached hydrogens (tertiary/aromatic N) is 1. The van der Waals surface area contributed by atoms with Crippen molar-refractivity contribution in [3.05, 3.63) is 70.5 Å². The lowest BCUT2D eigenvalue weighted by molar-refractivity contribution is -0.121. The van der Waals surface area contributed by atoms with Gasteiger partial charge in [-0.2, -0.15) is 0 Å². The Labute approximate surface area is 168 Å². The van der Waals surface area contributed by atoms with Gasteiger partial charge in [-0.3, -0.25) is 9.59 Å². The molecule has 1 aromatic heterocycles. The molecule has 2 N–H and O–H groups in total. The molecule has 0 spiro atoms. The zero-order valence-electron chi connectivity index (χ0n) is 15.8. The predicted molar refractivity (Wildman–Crippen MR) is 113 cm³/mol. The highest BCUT2D eigenvalue weighted by molar-refractivity contribution is 7.09. The SMILES string of the molecule is CC(=O)Nc1ccc(-c2csc(CCNC(=O)CCc3ccccc3)n2)cc1. The maximum Gasteiger partial charge on any atom is 0.221 e. The van der Waals surface area contributed by atoms with Gasteiger partial charge >= 0.3 is 0 Å². The van der Waals surface area contributed by atoms with Gasteiger partial charge in [0.15, 0.2) is 0 Å². The van der Waals surface area contributed by atoms with Crippen molar-refractivity contribution in [3.63, 3.8) is 0 Å². The van der Waals surface area contributed by atoms with E-state index in [1.165, 1.54) is 12.5 Å². The Morgan fingerprint density at radius 1 is 1.00 bits per heavy atom. The van der Waals surface area contributed by atoms with E-state index in [2.05, 4.69) is 15.6 Å². The summed E-state index contributed by atoms with van der Waals surface area (Å²) in [5.41, 5.74) is 3.85. The number of hydrogen-bond acceptors (Lipinski definition) is 4. The van der Waals surface area contributed by atoms with Crippen molar-refractivity contribution in [2.75, 3.05) is 11.9 Å². The van der Waals surface area contributed by atoms with Crippen molar-refractivity contribution in [1.29, 1.82) is 0 Å². The van der Waals surface area contributed by atoms with Crippen LogP contribution >= 0.6 is 11.3 Å². The van der Waals surface area contributed by atoms with Crippen LogP contribution in [0.3, 0.4) is 0 Å². The monoisotopic (exact) mass is 393 g/mol. The van der Waals surface area contributed by atoms with Gasteiger partial charge in [0.05, 0.1) is 10.7 Å². The molecule has 1 heterocycles. The maximum absolute atomic E-state index is 12.0. The molecular weight excluding hydrogens is 370 g/mol. The zero-order chi connectivity index (χ0) is 19.8. The Morgan fingerprint density at radius 3 is 2.46 bits per heavy atom. The van der Waals surface area contributed by atoms with Crippen LogP contribution in [0.4, 0.5) is 5.69 Å². The van der Waals surface area contributed by atoms with Crippen LogP contribution in [0.1, 0.15) is 23.9 Å². The van der Waals surface area contributed by atoms with Crippen molar-refractivity contribution in [2.45, 2.75) is 26.2 Å². The Balaban J connectivity index is 1.44. The van der Waals surface area contributed by atoms with Gasteiger partial charge in [0.2, 0.25) is 11.8 Å². The highest BCUT2D eigenvalue weighted by atomic mass is 32.1. The number of aryl methyl sites for hydroxylation is 1. The van der Waals surface area contributed by atoms with Crippen LogP contribution in [0.5, 0.6) is 0 Å². The molecule has 0 aliphatic heterocycles. The second-order valence-corrected chi connectivity index (χ2v) is 7.41. The highest BCUT2D eigenvalue weighted by Crippen LogP contribution is 2.23. The van der Waals surface area contributed by atoms with E-state index in [9.17, 15) is 9.59 Å². The summed E-state index contributed by atoms with van der Waals surface area (Å²) in [6.45, 7) is 2.07. The minimum Gasteiger partial charge on any atom is -0.356 e. The molecule has 5 nitrogen and oxygen atoms in total. The number of anilines is 1. The van der Waals surface area contributed by atoms with Crippen molar-refractivity contribution in [1.82, 2.24) is 10.3 Å². The molecule has 0 saturated carbocycles. The van der Waals surface area contributed by atoms with Crippen LogP contribution in [-0.4, -0.2) is 23.3 Å². The Bertz CT molecular complexity index is 920. The first-order valence-electron chi connectivity index (χ1n) is 9.23. The summed E-state index contributed by atoms with van der Waals surface area (Å²) >= 11 is 1.59. The first-order valence-corrected chi connectivity index (χ1v) is 10.1. The molecule has 2 aromatic carbocycles. The predicted octanol–water partition coefficient (Wildman–Crippen LogP) is 4.06. The number of rotatable bonds is 8. The zero-order valence-corrected chi connectivity index (χ0v) is 16.6. The Hall–Kier alpha value is -2.99. The van der Waals surface area contributed by atoms with Crippen LogP contribution in [0.25, 0.3) is 11.3 Å². The van der Waals surface area contributed by atoms with Crippen molar-refractivity contribution in [3.8, 4) is 11.3 Å². The fraction of sp³-hybridized carbons (Fsp3) is 0.227. The largest absolute Gasteiger partial charge is 0.356 e. The molecule has 3 aromatic rings. The molecule has 0 saturated heterocycles. The molecular formula is C22H23N3O2S. The number of thiazole rings is 1. The molecule has 0 atom stereocenters. The smallest absolute Gasteiger partial charge is 0.221 e. The van der Waals surface area contributed by atoms with Gasteiger partial charge in [0.1, 0.15) is 0 Å². The van der Waals surface area contributed by atoms with E-state index in [1.807, 2.05) is 60.0 Å². The summed E-state index contributed by atoms with van der Waals surface area (Å²) in [6, 6.07) is 17.6. The number of carbonyl (C=O) groups is 2. The van der Waals surface area contributed by atoms with Crippen LogP contribution in [0, 0.1) is 0 Å². The quantitative estimate of drug-likeness (QED) is 0.606. The molecule has 2 amide bonds. The molecule has 0 radical (unpaired) electrons. The first kappa shape index (κ1) is 19.8. The summed E-state index contributed by atoms with van der Waals surface area (Å²) in [4.78, 5) is 27.7. The second kappa shape index (κ2) is 9.80. The number of nitrogens with one attached hydrogen (secondary N) is 2. The average molecular weight is 394 g/mol. The van der Waals surface area contributed by atoms with E-state index in [4.69, 9.17) is 0 Å². The molecule has 0 unspecified atom stereocenters. The van der Waals surface area contributed by atoms with E-state index in [-0.39, 0.29) is 11.8 Å². The Kier molecular flexibility index (Phi) is 6.92. The second-order valence-electron chi connectivity index (χ2n) is 6.47. The number of benzene rings is 2. The molecule has 3 rings (SSSR count). The molecule has 0 aliphatic rings. The van der Waals surface area contributed by atoms with E-state index in [0.29, 0.717) is 19.4 Å². The minimum atomic E-state index is -0.0884. The summed E-state index contributed by atoms with van der Waals surface area (Å²) in [5.74, 6) is -0.0243. The van der Waals surface area contributed by atoms with Crippen LogP contribution in [-0.2, 0) is 22.4 Å². The fourth-order valence-electron chi connectivity index (χ4n) is 2.79. The van der Waals surface area contributed by atoms with Crippen LogP contribution in [0.2, 0.25) is 0 Å². The lowest BCUT2D eigenvalue weighted by Crippen LogP contribution is -2.25. The maximum atomic E-state index is 12.0. The van der Waals surface area contributed by atoms with Gasteiger partial charge in [-0.15, -0.1) is 11.3 Å². The standard InChI is InChI=1S/C22H23N3O2S/c1-16(26)24-19-10-8-18(9-11-19)20-15-28-22(25-20)13-14-23-21(27)12-7-17-5-3-2-4-6-17/h2-6,8-11,15H,7,12-14H2,1H3,(H,23,27)(H,24,26). The topological polar surface area (TPSA) is 71.1 Å². The molecule has 28 heavy (non-hydrogen) atoms. The molecule has 0 fully saturated rings. The van der Waals surface area contributed by atoms with Gasteiger partial charge in [-0.05, 0) is 24.1 Å². The van der Waals surface area contributed by atoms with Crippen molar-refractivity contribution >= 4 is 28.8 Å². The highest BCUT2D eigenvalue weighted by Gasteiger charge is 2.07. The van der Waals surface area contributed by atoms with E-state index in [0.717, 1.165) is 28.4 Å². The average Bonchev–Trinajstić information content (AvgIpc) is 3.16. The third kappa shape index (κ3) is 6.03. The molecule has 0 bridgehead atoms. The normalized spacial score (nSPS) is 10.5. The van der Waals surface area contributed by atoms with Gasteiger partial charge in [0.25, 0.3) is 0 Å². The molecule has 144 valence electrons. The number of hydrogen-bond donors (Lipinski definition) is 2.